The van der Waals surface area contributed by atoms with Gasteiger partial charge in [0.15, 0.2) is 0 Å². The molecule has 8 amide bonds. The number of carbonyl (C=O) groups is 15. The van der Waals surface area contributed by atoms with Crippen molar-refractivity contribution in [2.24, 2.45) is 0 Å². The van der Waals surface area contributed by atoms with Crippen molar-refractivity contribution in [1.29, 1.82) is 0 Å². The highest BCUT2D eigenvalue weighted by Crippen LogP contribution is 2.51. The Morgan fingerprint density at radius 3 is 1.19 bits per heavy atom. The predicted molar refractivity (Wildman–Crippen MR) is 343 cm³/mol. The van der Waals surface area contributed by atoms with Crippen LogP contribution in [0.15, 0.2) is 24.3 Å². The standard InChI is InChI=1S/C60H95FN12O23Si/c1-59(2,3)97(61,60(4,5)6)38-14-12-37(13-15-38)52(86)64-32-43(66-47(77)33-70-24-26-71(34-49(80)81)28-30-73(36-51(84)85)31-29-72(27-25-70)35-50(82)83)53(87)67-40(55(90)91)10-7-8-22-62-44(74)19-20-45(75)63-23-9-11-39(54(88)89)65-46(76)18-16-41(56(92)93)68-58(96)69-42(57(94)95)17-21-48(78)79/h12-15,39-43H,7-11,16-36H2,1-6H3,(H,62,74)(H,63,75)(H,64,86)(H,65,76)(H,66,77)(H,67,87)(H,78,79)(H,80,81)(H,82,83)(H,84,85)(H,88,89)(H,90,91)(H,92,93)(H,94,95)(H2,68,69,96)/t39-,40+,41-,42-,43+/m0/s1. The number of halogens is 1. The lowest BCUT2D eigenvalue weighted by molar-refractivity contribution is -0.143. The topological polar surface area (TPSA) is 527 Å². The molecule has 1 saturated heterocycles. The number of nitrogens with one attached hydrogen (secondary N) is 8. The number of amides is 8. The minimum absolute atomic E-state index is 0.00362. The van der Waals surface area contributed by atoms with E-state index in [4.69, 9.17) is 5.11 Å². The third-order valence-corrected chi connectivity index (χ3v) is 20.9. The summed E-state index contributed by atoms with van der Waals surface area (Å²) < 4.78 is 17.1. The zero-order valence-electron chi connectivity index (χ0n) is 55.4. The van der Waals surface area contributed by atoms with Crippen molar-refractivity contribution in [3.05, 3.63) is 29.8 Å². The van der Waals surface area contributed by atoms with Gasteiger partial charge in [-0.1, -0.05) is 53.7 Å². The van der Waals surface area contributed by atoms with Crippen LogP contribution in [0.2, 0.25) is 10.1 Å². The van der Waals surface area contributed by atoms with Crippen molar-refractivity contribution < 1.29 is 117 Å². The number of carboxylic acids is 8. The summed E-state index contributed by atoms with van der Waals surface area (Å²) in [5, 5.41) is 94.0. The van der Waals surface area contributed by atoms with Gasteiger partial charge in [0.25, 0.3) is 14.3 Å². The Kier molecular flexibility index (Phi) is 35.8. The molecule has 0 aliphatic carbocycles. The molecule has 1 fully saturated rings. The lowest BCUT2D eigenvalue weighted by Crippen LogP contribution is -2.58. The Balaban J connectivity index is 2.11. The Bertz CT molecular complexity index is 2870. The highest BCUT2D eigenvalue weighted by molar-refractivity contribution is 6.90. The number of unbranched alkanes of at least 4 members (excludes halogenated alkanes) is 1. The molecule has 0 radical (unpaired) electrons. The summed E-state index contributed by atoms with van der Waals surface area (Å²) in [4.78, 5) is 192. The molecule has 16 N–H and O–H groups in total. The van der Waals surface area contributed by atoms with E-state index in [1.165, 1.54) is 34.1 Å². The van der Waals surface area contributed by atoms with E-state index >= 15 is 4.11 Å². The van der Waals surface area contributed by atoms with Crippen LogP contribution in [0.25, 0.3) is 0 Å². The van der Waals surface area contributed by atoms with Gasteiger partial charge >= 0.3 is 53.8 Å². The summed E-state index contributed by atoms with van der Waals surface area (Å²) in [5.74, 6) is -15.7. The lowest BCUT2D eigenvalue weighted by Gasteiger charge is -2.44. The van der Waals surface area contributed by atoms with E-state index < -0.39 is 190 Å². The molecule has 1 aliphatic heterocycles. The maximum atomic E-state index is 17.1. The average Bonchev–Trinajstić information content (AvgIpc) is 0.749. The molecule has 0 unspecified atom stereocenters. The van der Waals surface area contributed by atoms with Crippen LogP contribution in [0, 0.1) is 0 Å². The van der Waals surface area contributed by atoms with E-state index in [1.807, 2.05) is 52.2 Å². The summed E-state index contributed by atoms with van der Waals surface area (Å²) in [6, 6.07) is -3.44. The fraction of sp³-hybridized carbons (Fsp3) is 0.650. The number of nitrogens with zero attached hydrogens (tertiary/aromatic N) is 4. The minimum Gasteiger partial charge on any atom is -0.481 e. The first-order chi connectivity index (χ1) is 45.2. The van der Waals surface area contributed by atoms with Crippen LogP contribution in [0.5, 0.6) is 0 Å². The summed E-state index contributed by atoms with van der Waals surface area (Å²) in [7, 11) is -3.74. The van der Waals surface area contributed by atoms with Gasteiger partial charge in [0, 0.05) is 103 Å². The molecule has 0 aromatic heterocycles. The molecule has 544 valence electrons. The number of hydrogen-bond donors (Lipinski definition) is 16. The van der Waals surface area contributed by atoms with E-state index in [1.54, 1.807) is 9.80 Å². The van der Waals surface area contributed by atoms with Crippen molar-refractivity contribution in [3.8, 4) is 0 Å². The van der Waals surface area contributed by atoms with Gasteiger partial charge in [-0.05, 0) is 72.3 Å². The zero-order valence-corrected chi connectivity index (χ0v) is 56.4. The Morgan fingerprint density at radius 1 is 0.412 bits per heavy atom. The van der Waals surface area contributed by atoms with Gasteiger partial charge in [0.1, 0.15) is 30.2 Å². The van der Waals surface area contributed by atoms with Gasteiger partial charge in [-0.2, -0.15) is 0 Å². The molecular weight excluding hydrogens is 1300 g/mol. The summed E-state index contributed by atoms with van der Waals surface area (Å²) in [5.41, 5.74) is 0.0755. The van der Waals surface area contributed by atoms with E-state index in [0.717, 1.165) is 0 Å². The summed E-state index contributed by atoms with van der Waals surface area (Å²) >= 11 is 0. The van der Waals surface area contributed by atoms with Crippen molar-refractivity contribution in [2.75, 3.05) is 98.2 Å². The number of carbonyl (C=O) groups excluding carboxylic acids is 7. The fourth-order valence-corrected chi connectivity index (χ4v) is 15.3. The van der Waals surface area contributed by atoms with Gasteiger partial charge in [-0.25, -0.2) is 24.0 Å². The SMILES string of the molecule is CC(C)(C)[Si](F)(c1ccc(C(=O)NC[C@@H](NC(=O)CN2CCN(CC(=O)O)CCN(CC(=O)O)CCN(CC(=O)O)CC2)C(=O)N[C@H](CCCCNC(=O)CCC(=O)NCCC[C@H](NC(=O)CC[C@H](NC(=O)N[C@@H](CCC(=O)O)C(=O)O)C(=O)O)C(=O)O)C(=O)O)cc1)C(C)(C)C. The third kappa shape index (κ3) is 32.1. The molecule has 35 nitrogen and oxygen atoms in total. The van der Waals surface area contributed by atoms with Crippen LogP contribution in [0.4, 0.5) is 8.90 Å². The first-order valence-electron chi connectivity index (χ1n) is 31.5. The van der Waals surface area contributed by atoms with Gasteiger partial charge in [-0.15, -0.1) is 0 Å². The van der Waals surface area contributed by atoms with Crippen molar-refractivity contribution >= 4 is 103 Å². The van der Waals surface area contributed by atoms with Gasteiger partial charge in [0.05, 0.1) is 26.2 Å². The first-order valence-corrected chi connectivity index (χ1v) is 33.4. The highest BCUT2D eigenvalue weighted by Gasteiger charge is 2.56. The van der Waals surface area contributed by atoms with E-state index in [-0.39, 0.29) is 123 Å². The quantitative estimate of drug-likeness (QED) is 0.0193. The maximum Gasteiger partial charge on any atom is 0.326 e. The van der Waals surface area contributed by atoms with E-state index in [9.17, 15) is 108 Å². The number of hydrogen-bond acceptors (Lipinski definition) is 19. The highest BCUT2D eigenvalue weighted by atomic mass is 28.4. The van der Waals surface area contributed by atoms with Crippen LogP contribution in [0.3, 0.4) is 0 Å². The molecule has 0 bridgehead atoms. The monoisotopic (exact) mass is 1400 g/mol. The van der Waals surface area contributed by atoms with E-state index in [0.29, 0.717) is 5.19 Å². The van der Waals surface area contributed by atoms with E-state index in [2.05, 4.69) is 31.9 Å². The third-order valence-electron chi connectivity index (χ3n) is 15.7. The van der Waals surface area contributed by atoms with Crippen molar-refractivity contribution in [3.63, 3.8) is 0 Å². The maximum absolute atomic E-state index is 17.1. The van der Waals surface area contributed by atoms with Crippen LogP contribution in [-0.2, 0) is 62.3 Å². The fourth-order valence-electron chi connectivity index (χ4n) is 10.7. The normalized spacial score (nSPS) is 15.5. The Morgan fingerprint density at radius 2 is 0.784 bits per heavy atom. The molecule has 97 heavy (non-hydrogen) atoms. The molecule has 37 heteroatoms. The number of urea groups is 1. The molecular formula is C60H95FN12O23Si. The Hall–Kier alpha value is -8.94. The zero-order chi connectivity index (χ0) is 73.4. The molecule has 0 spiro atoms. The molecule has 1 aromatic rings. The first kappa shape index (κ1) is 84.1. The molecule has 1 aromatic carbocycles. The van der Waals surface area contributed by atoms with Crippen LogP contribution in [-0.4, -0.2) is 286 Å². The minimum atomic E-state index is -3.74. The Labute approximate surface area is 560 Å². The number of carboxylic acid groups (broad SMARTS) is 8. The number of rotatable bonds is 40. The second-order valence-corrected chi connectivity index (χ2v) is 30.3. The summed E-state index contributed by atoms with van der Waals surface area (Å²) in [6.07, 6.45) is -3.03. The van der Waals surface area contributed by atoms with Crippen molar-refractivity contribution in [2.45, 2.75) is 152 Å². The second-order valence-electron chi connectivity index (χ2n) is 25.4. The van der Waals surface area contributed by atoms with Crippen LogP contribution in [0.1, 0.15) is 123 Å². The molecule has 0 saturated carbocycles. The molecule has 5 atom stereocenters. The molecule has 1 heterocycles. The number of benzene rings is 1. The van der Waals surface area contributed by atoms with Crippen LogP contribution >= 0.6 is 0 Å². The largest absolute Gasteiger partial charge is 0.481 e. The average molecular weight is 1400 g/mol. The predicted octanol–water partition coefficient (Wildman–Crippen LogP) is -1.95. The summed E-state index contributed by atoms with van der Waals surface area (Å²) in [6.45, 7) is 9.06. The van der Waals surface area contributed by atoms with Crippen LogP contribution < -0.4 is 47.7 Å². The molecule has 1 aliphatic rings. The van der Waals surface area contributed by atoms with Crippen molar-refractivity contribution in [1.82, 2.24) is 62.1 Å². The lowest BCUT2D eigenvalue weighted by atomic mass is 10.1. The van der Waals surface area contributed by atoms with Gasteiger partial charge < -0.3 is 87.5 Å². The number of aliphatic carboxylic acids is 8. The second kappa shape index (κ2) is 41.2. The van der Waals surface area contributed by atoms with Gasteiger partial charge in [0.2, 0.25) is 29.5 Å². The van der Waals surface area contributed by atoms with Gasteiger partial charge in [-0.3, -0.25) is 67.5 Å². The smallest absolute Gasteiger partial charge is 0.326 e. The molecule has 2 rings (SSSR count).